The van der Waals surface area contributed by atoms with Crippen LogP contribution in [0.25, 0.3) is 0 Å². The molecule has 5 heteroatoms. The largest absolute Gasteiger partial charge is 0.375 e. The molecule has 0 bridgehead atoms. The fraction of sp³-hybridized carbons (Fsp3) is 0.526. The van der Waals surface area contributed by atoms with Crippen LogP contribution in [0.5, 0.6) is 0 Å². The highest BCUT2D eigenvalue weighted by Gasteiger charge is 2.45. The molecule has 4 heterocycles. The van der Waals surface area contributed by atoms with E-state index >= 15 is 0 Å². The first kappa shape index (κ1) is 16.2. The Hall–Kier alpha value is -1.27. The third-order valence-corrected chi connectivity index (χ3v) is 6.12. The number of fused-ring (bicyclic) bond motifs is 1. The van der Waals surface area contributed by atoms with E-state index in [0.29, 0.717) is 18.2 Å². The van der Waals surface area contributed by atoms with Crippen LogP contribution in [0.2, 0.25) is 0 Å². The summed E-state index contributed by atoms with van der Waals surface area (Å²) in [6.45, 7) is 3.98. The predicted octanol–water partition coefficient (Wildman–Crippen LogP) is 3.01. The van der Waals surface area contributed by atoms with Gasteiger partial charge in [-0.3, -0.25) is 14.8 Å². The molecule has 4 nitrogen and oxygen atoms in total. The standard InChI is InChI=1S/C19H25N3OS/c1-21(12-15-5-2-8-20-11-15)18-14-22(13-16-6-4-10-24-16)17-7-3-9-23-19(17)18/h2,4-6,8,10-11,17-19H,3,7,9,12-14H2,1H3/t17-,18-,19+/m1/s1. The fourth-order valence-electron chi connectivity index (χ4n) is 4.10. The molecule has 24 heavy (non-hydrogen) atoms. The number of nitrogens with zero attached hydrogens (tertiary/aromatic N) is 3. The second-order valence-corrected chi connectivity index (χ2v) is 7.93. The Morgan fingerprint density at radius 1 is 1.38 bits per heavy atom. The lowest BCUT2D eigenvalue weighted by molar-refractivity contribution is -0.0384. The number of aromatic nitrogens is 1. The van der Waals surface area contributed by atoms with E-state index in [2.05, 4.69) is 45.4 Å². The van der Waals surface area contributed by atoms with E-state index in [1.54, 1.807) is 0 Å². The number of rotatable bonds is 5. The molecule has 4 rings (SSSR count). The molecular formula is C19H25N3OS. The second kappa shape index (κ2) is 7.31. The highest BCUT2D eigenvalue weighted by Crippen LogP contribution is 2.33. The molecule has 0 amide bonds. The first-order valence-electron chi connectivity index (χ1n) is 8.78. The van der Waals surface area contributed by atoms with Crippen molar-refractivity contribution in [1.82, 2.24) is 14.8 Å². The zero-order valence-electron chi connectivity index (χ0n) is 14.2. The third-order valence-electron chi connectivity index (χ3n) is 5.26. The van der Waals surface area contributed by atoms with E-state index < -0.39 is 0 Å². The van der Waals surface area contributed by atoms with Crippen molar-refractivity contribution in [3.05, 3.63) is 52.5 Å². The molecule has 2 saturated heterocycles. The molecule has 0 saturated carbocycles. The zero-order chi connectivity index (χ0) is 16.4. The number of likely N-dealkylation sites (tertiary alicyclic amines) is 1. The number of hydrogen-bond donors (Lipinski definition) is 0. The monoisotopic (exact) mass is 343 g/mol. The van der Waals surface area contributed by atoms with Gasteiger partial charge in [0, 0.05) is 49.6 Å². The third kappa shape index (κ3) is 3.40. The SMILES string of the molecule is CN(Cc1cccnc1)[C@@H]1CN(Cc2cccs2)[C@@H]2CCCO[C@H]12. The Morgan fingerprint density at radius 2 is 2.33 bits per heavy atom. The zero-order valence-corrected chi connectivity index (χ0v) is 15.0. The summed E-state index contributed by atoms with van der Waals surface area (Å²) in [6.07, 6.45) is 6.57. The summed E-state index contributed by atoms with van der Waals surface area (Å²) >= 11 is 1.86. The van der Waals surface area contributed by atoms with Crippen LogP contribution in [-0.2, 0) is 17.8 Å². The minimum absolute atomic E-state index is 0.334. The van der Waals surface area contributed by atoms with Crippen molar-refractivity contribution in [3.8, 4) is 0 Å². The van der Waals surface area contributed by atoms with E-state index in [1.165, 1.54) is 23.3 Å². The van der Waals surface area contributed by atoms with Crippen LogP contribution in [0.4, 0.5) is 0 Å². The van der Waals surface area contributed by atoms with Gasteiger partial charge in [-0.25, -0.2) is 0 Å². The van der Waals surface area contributed by atoms with Crippen molar-refractivity contribution in [2.24, 2.45) is 0 Å². The summed E-state index contributed by atoms with van der Waals surface area (Å²) in [5.41, 5.74) is 1.27. The summed E-state index contributed by atoms with van der Waals surface area (Å²) in [7, 11) is 2.22. The van der Waals surface area contributed by atoms with Crippen LogP contribution in [0.3, 0.4) is 0 Å². The Morgan fingerprint density at radius 3 is 3.12 bits per heavy atom. The van der Waals surface area contributed by atoms with Crippen LogP contribution >= 0.6 is 11.3 Å². The minimum atomic E-state index is 0.334. The van der Waals surface area contributed by atoms with Crippen molar-refractivity contribution in [1.29, 1.82) is 0 Å². The highest BCUT2D eigenvalue weighted by atomic mass is 32.1. The topological polar surface area (TPSA) is 28.6 Å². The van der Waals surface area contributed by atoms with Gasteiger partial charge in [-0.2, -0.15) is 0 Å². The first-order valence-corrected chi connectivity index (χ1v) is 9.66. The average Bonchev–Trinajstić information content (AvgIpc) is 3.25. The molecule has 0 N–H and O–H groups in total. The Balaban J connectivity index is 1.48. The lowest BCUT2D eigenvalue weighted by atomic mass is 10.00. The highest BCUT2D eigenvalue weighted by molar-refractivity contribution is 7.09. The average molecular weight is 343 g/mol. The van der Waals surface area contributed by atoms with Gasteiger partial charge in [-0.1, -0.05) is 12.1 Å². The minimum Gasteiger partial charge on any atom is -0.375 e. The molecule has 0 aromatic carbocycles. The molecule has 2 aromatic rings. The van der Waals surface area contributed by atoms with E-state index in [-0.39, 0.29) is 0 Å². The van der Waals surface area contributed by atoms with E-state index in [9.17, 15) is 0 Å². The molecule has 0 radical (unpaired) electrons. The van der Waals surface area contributed by atoms with Gasteiger partial charge in [-0.15, -0.1) is 11.3 Å². The summed E-state index contributed by atoms with van der Waals surface area (Å²) in [5, 5.41) is 2.17. The summed E-state index contributed by atoms with van der Waals surface area (Å²) < 4.78 is 6.23. The Kier molecular flexibility index (Phi) is 4.94. The van der Waals surface area contributed by atoms with Crippen LogP contribution in [-0.4, -0.2) is 53.2 Å². The number of pyridine rings is 1. The summed E-state index contributed by atoms with van der Waals surface area (Å²) in [5.74, 6) is 0. The van der Waals surface area contributed by atoms with Gasteiger partial charge in [0.15, 0.2) is 0 Å². The normalized spacial score (nSPS) is 27.5. The lowest BCUT2D eigenvalue weighted by Gasteiger charge is -2.34. The van der Waals surface area contributed by atoms with E-state index in [1.807, 2.05) is 29.8 Å². The van der Waals surface area contributed by atoms with Gasteiger partial charge in [0.2, 0.25) is 0 Å². The van der Waals surface area contributed by atoms with Gasteiger partial charge >= 0.3 is 0 Å². The van der Waals surface area contributed by atoms with Crippen molar-refractivity contribution in [2.75, 3.05) is 20.2 Å². The van der Waals surface area contributed by atoms with Gasteiger partial charge in [0.05, 0.1) is 12.1 Å². The molecule has 2 aliphatic rings. The van der Waals surface area contributed by atoms with Crippen LogP contribution in [0, 0.1) is 0 Å². The summed E-state index contributed by atoms with van der Waals surface area (Å²) in [6, 6.07) is 9.58. The molecule has 3 atom stereocenters. The number of thiophene rings is 1. The Labute approximate surface area is 148 Å². The van der Waals surface area contributed by atoms with Crippen molar-refractivity contribution < 1.29 is 4.74 Å². The Bertz CT molecular complexity index is 633. The fourth-order valence-corrected chi connectivity index (χ4v) is 4.83. The van der Waals surface area contributed by atoms with Gasteiger partial charge in [0.25, 0.3) is 0 Å². The lowest BCUT2D eigenvalue weighted by Crippen LogP contribution is -2.46. The molecule has 0 unspecified atom stereocenters. The molecule has 128 valence electrons. The van der Waals surface area contributed by atoms with Crippen molar-refractivity contribution in [2.45, 2.75) is 44.1 Å². The van der Waals surface area contributed by atoms with Crippen LogP contribution < -0.4 is 0 Å². The molecule has 2 aliphatic heterocycles. The molecule has 0 spiro atoms. The van der Waals surface area contributed by atoms with E-state index in [0.717, 1.165) is 26.2 Å². The maximum atomic E-state index is 6.23. The van der Waals surface area contributed by atoms with Crippen LogP contribution in [0.1, 0.15) is 23.3 Å². The molecular weight excluding hydrogens is 318 g/mol. The quantitative estimate of drug-likeness (QED) is 0.834. The van der Waals surface area contributed by atoms with Gasteiger partial charge in [0.1, 0.15) is 0 Å². The van der Waals surface area contributed by atoms with E-state index in [4.69, 9.17) is 4.74 Å². The molecule has 0 aliphatic carbocycles. The van der Waals surface area contributed by atoms with Gasteiger partial charge < -0.3 is 4.74 Å². The maximum absolute atomic E-state index is 6.23. The second-order valence-electron chi connectivity index (χ2n) is 6.90. The molecule has 2 fully saturated rings. The first-order chi connectivity index (χ1) is 11.8. The predicted molar refractivity (Wildman–Crippen MR) is 97.0 cm³/mol. The maximum Gasteiger partial charge on any atom is 0.0897 e. The van der Waals surface area contributed by atoms with Gasteiger partial charge in [-0.05, 0) is 43.0 Å². The van der Waals surface area contributed by atoms with Crippen molar-refractivity contribution >= 4 is 11.3 Å². The number of hydrogen-bond acceptors (Lipinski definition) is 5. The summed E-state index contributed by atoms with van der Waals surface area (Å²) in [4.78, 5) is 10.8. The van der Waals surface area contributed by atoms with Crippen LogP contribution in [0.15, 0.2) is 42.0 Å². The number of ether oxygens (including phenoxy) is 1. The van der Waals surface area contributed by atoms with Crippen molar-refractivity contribution in [3.63, 3.8) is 0 Å². The molecule has 2 aromatic heterocycles. The smallest absolute Gasteiger partial charge is 0.0897 e. The number of likely N-dealkylation sites (N-methyl/N-ethyl adjacent to an activating group) is 1.